The lowest BCUT2D eigenvalue weighted by Crippen LogP contribution is -2.43. The standard InChI is InChI=1S/C12H13N3O2/c1-7-4-11-10(5-9(7)14-2)15(3)12(16)8(13)6-17-11/h4-5,8H,6,13H2,1,3H3/t8-/m0/s1. The van der Waals surface area contributed by atoms with Crippen molar-refractivity contribution in [2.45, 2.75) is 13.0 Å². The number of benzene rings is 1. The molecule has 2 N–H and O–H groups in total. The highest BCUT2D eigenvalue weighted by atomic mass is 16.5. The van der Waals surface area contributed by atoms with Crippen molar-refractivity contribution in [3.05, 3.63) is 29.1 Å². The SMILES string of the molecule is [C-]#[N+]c1cc2c(cc1C)OC[C@H](N)C(=O)N2C. The number of fused-ring (bicyclic) bond motifs is 1. The van der Waals surface area contributed by atoms with E-state index in [1.807, 2.05) is 6.92 Å². The van der Waals surface area contributed by atoms with Gasteiger partial charge in [0, 0.05) is 7.05 Å². The molecule has 5 heteroatoms. The zero-order valence-electron chi connectivity index (χ0n) is 9.73. The molecule has 1 aromatic rings. The molecule has 1 aliphatic rings. The molecular weight excluding hydrogens is 218 g/mol. The summed E-state index contributed by atoms with van der Waals surface area (Å²) in [4.78, 5) is 16.7. The van der Waals surface area contributed by atoms with E-state index in [1.165, 1.54) is 4.90 Å². The topological polar surface area (TPSA) is 59.9 Å². The van der Waals surface area contributed by atoms with Crippen LogP contribution in [0.5, 0.6) is 5.75 Å². The summed E-state index contributed by atoms with van der Waals surface area (Å²) < 4.78 is 5.49. The summed E-state index contributed by atoms with van der Waals surface area (Å²) in [5.41, 5.74) is 7.62. The Morgan fingerprint density at radius 3 is 2.94 bits per heavy atom. The van der Waals surface area contributed by atoms with Gasteiger partial charge in [-0.1, -0.05) is 0 Å². The predicted octanol–water partition coefficient (Wildman–Crippen LogP) is 1.23. The molecule has 1 aliphatic heterocycles. The summed E-state index contributed by atoms with van der Waals surface area (Å²) in [5, 5.41) is 0. The third-order valence-corrected chi connectivity index (χ3v) is 2.83. The molecule has 1 atom stereocenters. The molecule has 0 saturated carbocycles. The highest BCUT2D eigenvalue weighted by Crippen LogP contribution is 2.36. The van der Waals surface area contributed by atoms with E-state index in [4.69, 9.17) is 17.0 Å². The van der Waals surface area contributed by atoms with Crippen LogP contribution < -0.4 is 15.4 Å². The molecule has 0 aromatic heterocycles. The van der Waals surface area contributed by atoms with E-state index in [9.17, 15) is 4.79 Å². The lowest BCUT2D eigenvalue weighted by Gasteiger charge is -2.18. The van der Waals surface area contributed by atoms with E-state index in [-0.39, 0.29) is 12.5 Å². The first kappa shape index (κ1) is 11.4. The number of rotatable bonds is 0. The van der Waals surface area contributed by atoms with Crippen LogP contribution in [-0.2, 0) is 4.79 Å². The first-order valence-electron chi connectivity index (χ1n) is 5.22. The molecular formula is C12H13N3O2. The van der Waals surface area contributed by atoms with Gasteiger partial charge >= 0.3 is 0 Å². The van der Waals surface area contributed by atoms with E-state index in [0.717, 1.165) is 5.56 Å². The Balaban J connectivity index is 2.57. The zero-order chi connectivity index (χ0) is 12.6. The minimum absolute atomic E-state index is 0.160. The van der Waals surface area contributed by atoms with Gasteiger partial charge in [-0.3, -0.25) is 4.79 Å². The Morgan fingerprint density at radius 1 is 1.59 bits per heavy atom. The van der Waals surface area contributed by atoms with Gasteiger partial charge in [-0.05, 0) is 24.6 Å². The van der Waals surface area contributed by atoms with Crippen molar-refractivity contribution in [1.29, 1.82) is 0 Å². The lowest BCUT2D eigenvalue weighted by molar-refractivity contribution is -0.119. The molecule has 0 fully saturated rings. The Labute approximate surface area is 99.6 Å². The van der Waals surface area contributed by atoms with Crippen LogP contribution >= 0.6 is 0 Å². The van der Waals surface area contributed by atoms with Gasteiger partial charge in [0.25, 0.3) is 0 Å². The normalized spacial score (nSPS) is 19.1. The third kappa shape index (κ3) is 1.83. The number of carbonyl (C=O) groups is 1. The van der Waals surface area contributed by atoms with Gasteiger partial charge in [-0.2, -0.15) is 0 Å². The maximum absolute atomic E-state index is 11.8. The molecule has 88 valence electrons. The van der Waals surface area contributed by atoms with Crippen molar-refractivity contribution in [3.8, 4) is 5.75 Å². The fourth-order valence-electron chi connectivity index (χ4n) is 1.78. The highest BCUT2D eigenvalue weighted by molar-refractivity contribution is 5.99. The van der Waals surface area contributed by atoms with Crippen LogP contribution in [0.15, 0.2) is 12.1 Å². The number of anilines is 1. The number of nitrogens with zero attached hydrogens (tertiary/aromatic N) is 2. The number of likely N-dealkylation sites (N-methyl/N-ethyl adjacent to an activating group) is 1. The Hall–Kier alpha value is -2.06. The molecule has 0 radical (unpaired) electrons. The van der Waals surface area contributed by atoms with E-state index in [0.29, 0.717) is 17.1 Å². The third-order valence-electron chi connectivity index (χ3n) is 2.83. The van der Waals surface area contributed by atoms with Crippen LogP contribution in [0.2, 0.25) is 0 Å². The largest absolute Gasteiger partial charge is 0.489 e. The van der Waals surface area contributed by atoms with Gasteiger partial charge in [-0.15, -0.1) is 0 Å². The molecule has 1 heterocycles. The Kier molecular flexibility index (Phi) is 2.74. The molecule has 17 heavy (non-hydrogen) atoms. The number of hydrogen-bond acceptors (Lipinski definition) is 3. The van der Waals surface area contributed by atoms with Gasteiger partial charge < -0.3 is 15.4 Å². The van der Waals surface area contributed by atoms with Gasteiger partial charge in [0.1, 0.15) is 18.4 Å². The number of nitrogens with two attached hydrogens (primary N) is 1. The minimum atomic E-state index is -0.663. The average Bonchev–Trinajstić information content (AvgIpc) is 2.42. The van der Waals surface area contributed by atoms with E-state index >= 15 is 0 Å². The van der Waals surface area contributed by atoms with Crippen molar-refractivity contribution in [2.24, 2.45) is 5.73 Å². The first-order chi connectivity index (χ1) is 8.04. The summed E-state index contributed by atoms with van der Waals surface area (Å²) in [5.74, 6) is 0.391. The summed E-state index contributed by atoms with van der Waals surface area (Å²) in [6.07, 6.45) is 0. The minimum Gasteiger partial charge on any atom is -0.489 e. The van der Waals surface area contributed by atoms with Crippen LogP contribution in [0.25, 0.3) is 4.85 Å². The fraction of sp³-hybridized carbons (Fsp3) is 0.333. The Morgan fingerprint density at radius 2 is 2.29 bits per heavy atom. The van der Waals surface area contributed by atoms with Crippen molar-refractivity contribution in [3.63, 3.8) is 0 Å². The van der Waals surface area contributed by atoms with Crippen LogP contribution in [0, 0.1) is 13.5 Å². The number of ether oxygens (including phenoxy) is 1. The smallest absolute Gasteiger partial charge is 0.247 e. The number of amides is 1. The molecule has 0 spiro atoms. The molecule has 1 amide bonds. The number of hydrogen-bond donors (Lipinski definition) is 1. The van der Waals surface area contributed by atoms with Crippen LogP contribution in [0.3, 0.4) is 0 Å². The highest BCUT2D eigenvalue weighted by Gasteiger charge is 2.26. The maximum Gasteiger partial charge on any atom is 0.247 e. The monoisotopic (exact) mass is 231 g/mol. The van der Waals surface area contributed by atoms with Gasteiger partial charge in [0.05, 0.1) is 12.3 Å². The van der Waals surface area contributed by atoms with Crippen molar-refractivity contribution < 1.29 is 9.53 Å². The van der Waals surface area contributed by atoms with E-state index < -0.39 is 6.04 Å². The molecule has 0 bridgehead atoms. The quantitative estimate of drug-likeness (QED) is 0.683. The van der Waals surface area contributed by atoms with Gasteiger partial charge in [-0.25, -0.2) is 4.85 Å². The second-order valence-electron chi connectivity index (χ2n) is 4.03. The number of aryl methyl sites for hydroxylation is 1. The molecule has 0 aliphatic carbocycles. The summed E-state index contributed by atoms with van der Waals surface area (Å²) in [6, 6.07) is 2.77. The summed E-state index contributed by atoms with van der Waals surface area (Å²) >= 11 is 0. The molecule has 0 saturated heterocycles. The zero-order valence-corrected chi connectivity index (χ0v) is 9.73. The second-order valence-corrected chi connectivity index (χ2v) is 4.03. The van der Waals surface area contributed by atoms with Gasteiger partial charge in [0.2, 0.25) is 5.91 Å². The van der Waals surface area contributed by atoms with Crippen LogP contribution in [0.4, 0.5) is 11.4 Å². The van der Waals surface area contributed by atoms with Crippen molar-refractivity contribution >= 4 is 17.3 Å². The molecule has 5 nitrogen and oxygen atoms in total. The summed E-state index contributed by atoms with van der Waals surface area (Å²) in [7, 11) is 1.64. The lowest BCUT2D eigenvalue weighted by atomic mass is 10.1. The predicted molar refractivity (Wildman–Crippen MR) is 64.3 cm³/mol. The molecule has 0 unspecified atom stereocenters. The average molecular weight is 231 g/mol. The first-order valence-corrected chi connectivity index (χ1v) is 5.22. The van der Waals surface area contributed by atoms with Crippen molar-refractivity contribution in [1.82, 2.24) is 0 Å². The van der Waals surface area contributed by atoms with Crippen LogP contribution in [-0.4, -0.2) is 25.6 Å². The van der Waals surface area contributed by atoms with Gasteiger partial charge in [0.15, 0.2) is 5.69 Å². The summed E-state index contributed by atoms with van der Waals surface area (Å²) in [6.45, 7) is 9.07. The molecule has 1 aromatic carbocycles. The molecule has 2 rings (SSSR count). The van der Waals surface area contributed by atoms with E-state index in [1.54, 1.807) is 19.2 Å². The fourth-order valence-corrected chi connectivity index (χ4v) is 1.78. The van der Waals surface area contributed by atoms with Crippen LogP contribution in [0.1, 0.15) is 5.56 Å². The maximum atomic E-state index is 11.8. The second kappa shape index (κ2) is 4.07. The Bertz CT molecular complexity index is 519. The number of carbonyl (C=O) groups excluding carboxylic acids is 1. The van der Waals surface area contributed by atoms with E-state index in [2.05, 4.69) is 4.85 Å². The van der Waals surface area contributed by atoms with Crippen molar-refractivity contribution in [2.75, 3.05) is 18.6 Å².